The van der Waals surface area contributed by atoms with E-state index in [-0.39, 0.29) is 0 Å². The first-order chi connectivity index (χ1) is 8.70. The molecule has 1 heterocycles. The molecule has 0 radical (unpaired) electrons. The molecule has 0 atom stereocenters. The smallest absolute Gasteiger partial charge is 0.135 e. The molecule has 0 fully saturated rings. The standard InChI is InChI=1S/C13H24N4O/c1-5-14-12-11(10(3)4)13(17-9-16-12)15-7-8-18-6-2/h9-10H,5-8H2,1-4H3,(H2,14,15,16,17). The molecule has 102 valence electrons. The topological polar surface area (TPSA) is 59.1 Å². The molecule has 0 aliphatic carbocycles. The molecule has 0 amide bonds. The molecule has 0 saturated heterocycles. The van der Waals surface area contributed by atoms with Crippen molar-refractivity contribution in [3.05, 3.63) is 11.9 Å². The van der Waals surface area contributed by atoms with E-state index in [4.69, 9.17) is 4.74 Å². The molecule has 0 aliphatic heterocycles. The van der Waals surface area contributed by atoms with Gasteiger partial charge in [-0.05, 0) is 19.8 Å². The number of nitrogens with one attached hydrogen (secondary N) is 2. The molecule has 5 nitrogen and oxygen atoms in total. The van der Waals surface area contributed by atoms with Crippen LogP contribution in [0, 0.1) is 0 Å². The maximum absolute atomic E-state index is 5.31. The van der Waals surface area contributed by atoms with Crippen LogP contribution in [-0.4, -0.2) is 36.3 Å². The lowest BCUT2D eigenvalue weighted by atomic mass is 10.0. The molecule has 2 N–H and O–H groups in total. The fourth-order valence-electron chi connectivity index (χ4n) is 1.78. The van der Waals surface area contributed by atoms with Gasteiger partial charge in [-0.3, -0.25) is 0 Å². The predicted octanol–water partition coefficient (Wildman–Crippen LogP) is 2.48. The molecule has 0 saturated carbocycles. The molecule has 1 rings (SSSR count). The molecule has 0 bridgehead atoms. The van der Waals surface area contributed by atoms with Crippen LogP contribution in [0.15, 0.2) is 6.33 Å². The molecular formula is C13H24N4O. The number of rotatable bonds is 8. The third-order valence-corrected chi connectivity index (χ3v) is 2.55. The minimum Gasteiger partial charge on any atom is -0.380 e. The van der Waals surface area contributed by atoms with Crippen LogP contribution in [0.4, 0.5) is 11.6 Å². The second-order valence-electron chi connectivity index (χ2n) is 4.29. The van der Waals surface area contributed by atoms with Gasteiger partial charge in [0.1, 0.15) is 18.0 Å². The highest BCUT2D eigenvalue weighted by molar-refractivity contribution is 5.58. The number of anilines is 2. The maximum atomic E-state index is 5.31. The number of hydrogen-bond donors (Lipinski definition) is 2. The van der Waals surface area contributed by atoms with Crippen molar-refractivity contribution < 1.29 is 4.74 Å². The zero-order chi connectivity index (χ0) is 13.4. The van der Waals surface area contributed by atoms with Gasteiger partial charge in [-0.1, -0.05) is 13.8 Å². The molecular weight excluding hydrogens is 228 g/mol. The van der Waals surface area contributed by atoms with E-state index >= 15 is 0 Å². The van der Waals surface area contributed by atoms with E-state index < -0.39 is 0 Å². The summed E-state index contributed by atoms with van der Waals surface area (Å²) < 4.78 is 5.31. The summed E-state index contributed by atoms with van der Waals surface area (Å²) in [7, 11) is 0. The van der Waals surface area contributed by atoms with E-state index in [1.54, 1.807) is 6.33 Å². The van der Waals surface area contributed by atoms with Crippen LogP contribution in [-0.2, 0) is 4.74 Å². The van der Waals surface area contributed by atoms with Crippen LogP contribution in [0.25, 0.3) is 0 Å². The summed E-state index contributed by atoms with van der Waals surface area (Å²) in [5.41, 5.74) is 1.14. The number of ether oxygens (including phenoxy) is 1. The van der Waals surface area contributed by atoms with Crippen LogP contribution in [0.3, 0.4) is 0 Å². The molecule has 0 aromatic carbocycles. The summed E-state index contributed by atoms with van der Waals surface area (Å²) in [6.45, 7) is 11.4. The maximum Gasteiger partial charge on any atom is 0.135 e. The molecule has 0 unspecified atom stereocenters. The van der Waals surface area contributed by atoms with Gasteiger partial charge in [-0.2, -0.15) is 0 Å². The van der Waals surface area contributed by atoms with Gasteiger partial charge < -0.3 is 15.4 Å². The van der Waals surface area contributed by atoms with E-state index in [0.717, 1.165) is 36.9 Å². The third-order valence-electron chi connectivity index (χ3n) is 2.55. The Morgan fingerprint density at radius 3 is 2.39 bits per heavy atom. The van der Waals surface area contributed by atoms with E-state index in [2.05, 4.69) is 41.4 Å². The Balaban J connectivity index is 2.78. The van der Waals surface area contributed by atoms with Crippen LogP contribution < -0.4 is 10.6 Å². The normalized spacial score (nSPS) is 10.7. The van der Waals surface area contributed by atoms with Gasteiger partial charge in [0.2, 0.25) is 0 Å². The summed E-state index contributed by atoms with van der Waals surface area (Å²) in [4.78, 5) is 8.62. The zero-order valence-corrected chi connectivity index (χ0v) is 11.8. The highest BCUT2D eigenvalue weighted by Gasteiger charge is 2.13. The van der Waals surface area contributed by atoms with Crippen molar-refractivity contribution in [3.63, 3.8) is 0 Å². The van der Waals surface area contributed by atoms with Crippen molar-refractivity contribution in [2.45, 2.75) is 33.6 Å². The SMILES string of the molecule is CCNc1ncnc(NCCOCC)c1C(C)C. The largest absolute Gasteiger partial charge is 0.380 e. The highest BCUT2D eigenvalue weighted by Crippen LogP contribution is 2.27. The first-order valence-electron chi connectivity index (χ1n) is 6.61. The fraction of sp³-hybridized carbons (Fsp3) is 0.692. The molecule has 0 aliphatic rings. The lowest BCUT2D eigenvalue weighted by Gasteiger charge is -2.17. The Labute approximate surface area is 109 Å². The lowest BCUT2D eigenvalue weighted by Crippen LogP contribution is -2.14. The van der Waals surface area contributed by atoms with Gasteiger partial charge in [0.25, 0.3) is 0 Å². The zero-order valence-electron chi connectivity index (χ0n) is 11.8. The summed E-state index contributed by atoms with van der Waals surface area (Å²) in [6.07, 6.45) is 1.59. The highest BCUT2D eigenvalue weighted by atomic mass is 16.5. The number of aromatic nitrogens is 2. The van der Waals surface area contributed by atoms with Gasteiger partial charge in [0, 0.05) is 25.3 Å². The van der Waals surface area contributed by atoms with E-state index in [0.29, 0.717) is 12.5 Å². The lowest BCUT2D eigenvalue weighted by molar-refractivity contribution is 0.158. The van der Waals surface area contributed by atoms with Crippen LogP contribution in [0.5, 0.6) is 0 Å². The predicted molar refractivity (Wildman–Crippen MR) is 75.3 cm³/mol. The van der Waals surface area contributed by atoms with Crippen molar-refractivity contribution in [1.29, 1.82) is 0 Å². The van der Waals surface area contributed by atoms with Gasteiger partial charge in [0.15, 0.2) is 0 Å². The quantitative estimate of drug-likeness (QED) is 0.696. The summed E-state index contributed by atoms with van der Waals surface area (Å²) in [6, 6.07) is 0. The Hall–Kier alpha value is -1.36. The fourth-order valence-corrected chi connectivity index (χ4v) is 1.78. The third kappa shape index (κ3) is 4.14. The first-order valence-corrected chi connectivity index (χ1v) is 6.61. The van der Waals surface area contributed by atoms with Gasteiger partial charge in [-0.25, -0.2) is 9.97 Å². The minimum atomic E-state index is 0.370. The molecule has 1 aromatic rings. The Morgan fingerprint density at radius 1 is 1.17 bits per heavy atom. The molecule has 5 heteroatoms. The van der Waals surface area contributed by atoms with Crippen molar-refractivity contribution in [2.24, 2.45) is 0 Å². The van der Waals surface area contributed by atoms with Gasteiger partial charge >= 0.3 is 0 Å². The average Bonchev–Trinajstić information content (AvgIpc) is 2.35. The van der Waals surface area contributed by atoms with Gasteiger partial charge in [0.05, 0.1) is 6.61 Å². The molecule has 18 heavy (non-hydrogen) atoms. The minimum absolute atomic E-state index is 0.370. The monoisotopic (exact) mass is 252 g/mol. The van der Waals surface area contributed by atoms with Crippen molar-refractivity contribution >= 4 is 11.6 Å². The van der Waals surface area contributed by atoms with Crippen molar-refractivity contribution in [3.8, 4) is 0 Å². The first kappa shape index (κ1) is 14.7. The second-order valence-corrected chi connectivity index (χ2v) is 4.29. The van der Waals surface area contributed by atoms with Crippen LogP contribution >= 0.6 is 0 Å². The second kappa shape index (κ2) is 7.87. The van der Waals surface area contributed by atoms with Crippen molar-refractivity contribution in [2.75, 3.05) is 36.9 Å². The molecule has 1 aromatic heterocycles. The molecule has 0 spiro atoms. The van der Waals surface area contributed by atoms with E-state index in [1.165, 1.54) is 0 Å². The van der Waals surface area contributed by atoms with Gasteiger partial charge in [-0.15, -0.1) is 0 Å². The summed E-state index contributed by atoms with van der Waals surface area (Å²) in [5.74, 6) is 2.19. The summed E-state index contributed by atoms with van der Waals surface area (Å²) in [5, 5.41) is 6.59. The average molecular weight is 252 g/mol. The van der Waals surface area contributed by atoms with Crippen LogP contribution in [0.2, 0.25) is 0 Å². The Kier molecular flexibility index (Phi) is 6.43. The van der Waals surface area contributed by atoms with E-state index in [1.807, 2.05) is 6.92 Å². The van der Waals surface area contributed by atoms with E-state index in [9.17, 15) is 0 Å². The Bertz CT molecular complexity index is 355. The number of hydrogen-bond acceptors (Lipinski definition) is 5. The van der Waals surface area contributed by atoms with Crippen molar-refractivity contribution in [1.82, 2.24) is 9.97 Å². The summed E-state index contributed by atoms with van der Waals surface area (Å²) >= 11 is 0. The number of nitrogens with zero attached hydrogens (tertiary/aromatic N) is 2. The van der Waals surface area contributed by atoms with Crippen LogP contribution in [0.1, 0.15) is 39.2 Å². The Morgan fingerprint density at radius 2 is 1.83 bits per heavy atom.